The molecular weight excluding hydrogens is 292 g/mol. The van der Waals surface area contributed by atoms with Crippen LogP contribution in [0.2, 0.25) is 0 Å². The van der Waals surface area contributed by atoms with Crippen molar-refractivity contribution in [1.82, 2.24) is 4.31 Å². The molecule has 1 saturated heterocycles. The highest BCUT2D eigenvalue weighted by molar-refractivity contribution is 7.91. The molecule has 0 aromatic carbocycles. The number of hydrogen-bond donors (Lipinski definition) is 0. The third-order valence-electron chi connectivity index (χ3n) is 4.54. The van der Waals surface area contributed by atoms with Gasteiger partial charge in [0.2, 0.25) is 0 Å². The first-order valence-corrected chi connectivity index (χ1v) is 9.37. The van der Waals surface area contributed by atoms with E-state index in [0.29, 0.717) is 34.0 Å². The number of piperidine rings is 1. The average Bonchev–Trinajstić information content (AvgIpc) is 2.96. The predicted octanol–water partition coefficient (Wildman–Crippen LogP) is 2.82. The van der Waals surface area contributed by atoms with E-state index in [1.54, 1.807) is 16.4 Å². The summed E-state index contributed by atoms with van der Waals surface area (Å²) in [6.45, 7) is 1.29. The molecule has 0 bridgehead atoms. The van der Waals surface area contributed by atoms with Crippen LogP contribution in [-0.2, 0) is 10.0 Å². The fourth-order valence-electron chi connectivity index (χ4n) is 3.43. The quantitative estimate of drug-likeness (QED) is 0.844. The summed E-state index contributed by atoms with van der Waals surface area (Å²) in [5, 5.41) is 8.83. The van der Waals surface area contributed by atoms with Gasteiger partial charge < -0.3 is 0 Å². The topological polar surface area (TPSA) is 61.2 Å². The smallest absolute Gasteiger partial charge is 0.206 e. The summed E-state index contributed by atoms with van der Waals surface area (Å²) >= 11 is 1.07. The van der Waals surface area contributed by atoms with Crippen molar-refractivity contribution >= 4 is 21.4 Å². The number of nitrogens with zero attached hydrogens (tertiary/aromatic N) is 2. The summed E-state index contributed by atoms with van der Waals surface area (Å²) in [5.74, 6) is 1.25. The summed E-state index contributed by atoms with van der Waals surface area (Å²) in [4.78, 5) is 0.455. The number of thiophene rings is 1. The molecule has 2 fully saturated rings. The lowest BCUT2D eigenvalue weighted by molar-refractivity contribution is 0.136. The summed E-state index contributed by atoms with van der Waals surface area (Å²) < 4.78 is 27.2. The Balaban J connectivity index is 1.80. The van der Waals surface area contributed by atoms with Gasteiger partial charge in [-0.25, -0.2) is 8.42 Å². The van der Waals surface area contributed by atoms with E-state index >= 15 is 0 Å². The molecule has 0 amide bonds. The van der Waals surface area contributed by atoms with Crippen LogP contribution in [0.1, 0.15) is 37.0 Å². The van der Waals surface area contributed by atoms with Gasteiger partial charge in [0.15, 0.2) is 0 Å². The second-order valence-electron chi connectivity index (χ2n) is 5.69. The Hall–Kier alpha value is -0.900. The number of sulfonamides is 1. The Kier molecular flexibility index (Phi) is 3.85. The average molecular weight is 310 g/mol. The molecule has 1 saturated carbocycles. The molecule has 0 spiro atoms. The molecular formula is C14H18N2O2S2. The van der Waals surface area contributed by atoms with Gasteiger partial charge in [-0.15, -0.1) is 11.3 Å². The maximum atomic E-state index is 12.6. The van der Waals surface area contributed by atoms with Crippen molar-refractivity contribution in [3.63, 3.8) is 0 Å². The summed E-state index contributed by atoms with van der Waals surface area (Å²) in [6.07, 6.45) is 5.93. The lowest BCUT2D eigenvalue weighted by Gasteiger charge is -2.40. The third-order valence-corrected chi connectivity index (χ3v) is 7.86. The maximum absolute atomic E-state index is 12.6. The van der Waals surface area contributed by atoms with E-state index in [1.165, 1.54) is 19.3 Å². The highest BCUT2D eigenvalue weighted by Gasteiger charge is 2.36. The second kappa shape index (κ2) is 5.47. The molecule has 1 aromatic heterocycles. The molecule has 20 heavy (non-hydrogen) atoms. The van der Waals surface area contributed by atoms with Crippen LogP contribution in [0.15, 0.2) is 16.3 Å². The van der Waals surface area contributed by atoms with Crippen molar-refractivity contribution in [2.24, 2.45) is 11.8 Å². The van der Waals surface area contributed by atoms with E-state index in [-0.39, 0.29) is 0 Å². The Labute approximate surface area is 124 Å². The molecule has 0 radical (unpaired) electrons. The lowest BCUT2D eigenvalue weighted by atomic mass is 9.76. The standard InChI is InChI=1S/C14H18N2O2S2/c15-9-13-5-6-14(19-13)20(17,18)16-8-7-11-3-1-2-4-12(11)10-16/h5-6,11-12H,1-4,7-8,10H2. The first-order valence-electron chi connectivity index (χ1n) is 7.11. The van der Waals surface area contributed by atoms with Crippen molar-refractivity contribution in [3.05, 3.63) is 17.0 Å². The van der Waals surface area contributed by atoms with Gasteiger partial charge in [-0.2, -0.15) is 9.57 Å². The van der Waals surface area contributed by atoms with Crippen LogP contribution in [0.25, 0.3) is 0 Å². The molecule has 1 aliphatic heterocycles. The van der Waals surface area contributed by atoms with E-state index in [9.17, 15) is 8.42 Å². The molecule has 1 aromatic rings. The molecule has 1 aliphatic carbocycles. The summed E-state index contributed by atoms with van der Waals surface area (Å²) in [7, 11) is -3.40. The first-order chi connectivity index (χ1) is 9.61. The highest BCUT2D eigenvalue weighted by atomic mass is 32.2. The fraction of sp³-hybridized carbons (Fsp3) is 0.643. The first kappa shape index (κ1) is 14.1. The van der Waals surface area contributed by atoms with Gasteiger partial charge in [0.25, 0.3) is 10.0 Å². The largest absolute Gasteiger partial charge is 0.252 e. The minimum atomic E-state index is -3.40. The Morgan fingerprint density at radius 3 is 2.65 bits per heavy atom. The Morgan fingerprint density at radius 2 is 1.95 bits per heavy atom. The zero-order chi connectivity index (χ0) is 14.2. The molecule has 0 N–H and O–H groups in total. The van der Waals surface area contributed by atoms with Gasteiger partial charge in [0.05, 0.1) is 0 Å². The van der Waals surface area contributed by atoms with Gasteiger partial charge in [0, 0.05) is 13.1 Å². The van der Waals surface area contributed by atoms with Gasteiger partial charge in [-0.3, -0.25) is 0 Å². The molecule has 108 valence electrons. The van der Waals surface area contributed by atoms with Crippen LogP contribution in [0.3, 0.4) is 0 Å². The van der Waals surface area contributed by atoms with Crippen LogP contribution in [0, 0.1) is 23.2 Å². The molecule has 2 atom stereocenters. The number of hydrogen-bond acceptors (Lipinski definition) is 4. The number of rotatable bonds is 2. The predicted molar refractivity (Wildman–Crippen MR) is 77.9 cm³/mol. The molecule has 4 nitrogen and oxygen atoms in total. The van der Waals surface area contributed by atoms with Crippen molar-refractivity contribution in [1.29, 1.82) is 5.26 Å². The molecule has 2 aliphatic rings. The molecule has 2 heterocycles. The lowest BCUT2D eigenvalue weighted by Crippen LogP contribution is -2.44. The summed E-state index contributed by atoms with van der Waals surface area (Å²) in [5.41, 5.74) is 0. The number of nitriles is 1. The van der Waals surface area contributed by atoms with E-state index in [2.05, 4.69) is 0 Å². The molecule has 3 rings (SSSR count). The molecule has 2 unspecified atom stereocenters. The Bertz CT molecular complexity index is 630. The van der Waals surface area contributed by atoms with Crippen molar-refractivity contribution in [3.8, 4) is 6.07 Å². The normalized spacial score (nSPS) is 27.8. The monoisotopic (exact) mass is 310 g/mol. The van der Waals surface area contributed by atoms with Crippen molar-refractivity contribution in [2.45, 2.75) is 36.3 Å². The van der Waals surface area contributed by atoms with Crippen molar-refractivity contribution < 1.29 is 8.42 Å². The van der Waals surface area contributed by atoms with Crippen LogP contribution in [-0.4, -0.2) is 25.8 Å². The fourth-order valence-corrected chi connectivity index (χ4v) is 6.20. The summed E-state index contributed by atoms with van der Waals surface area (Å²) in [6, 6.07) is 5.15. The zero-order valence-corrected chi connectivity index (χ0v) is 12.9. The van der Waals surface area contributed by atoms with Crippen LogP contribution in [0.5, 0.6) is 0 Å². The van der Waals surface area contributed by atoms with E-state index in [0.717, 1.165) is 24.2 Å². The Morgan fingerprint density at radius 1 is 1.20 bits per heavy atom. The van der Waals surface area contributed by atoms with Gasteiger partial charge in [-0.05, 0) is 36.8 Å². The highest BCUT2D eigenvalue weighted by Crippen LogP contribution is 2.38. The van der Waals surface area contributed by atoms with Gasteiger partial charge >= 0.3 is 0 Å². The third kappa shape index (κ3) is 2.50. The van der Waals surface area contributed by atoms with Gasteiger partial charge in [0.1, 0.15) is 15.2 Å². The van der Waals surface area contributed by atoms with Crippen molar-refractivity contribution in [2.75, 3.05) is 13.1 Å². The van der Waals surface area contributed by atoms with Crippen LogP contribution in [0.4, 0.5) is 0 Å². The van der Waals surface area contributed by atoms with Gasteiger partial charge in [-0.1, -0.05) is 19.3 Å². The maximum Gasteiger partial charge on any atom is 0.252 e. The van der Waals surface area contributed by atoms with E-state index in [1.807, 2.05) is 6.07 Å². The SMILES string of the molecule is N#Cc1ccc(S(=O)(=O)N2CCC3CCCCC3C2)s1. The minimum Gasteiger partial charge on any atom is -0.206 e. The minimum absolute atomic E-state index is 0.309. The van der Waals surface area contributed by atoms with Crippen LogP contribution >= 0.6 is 11.3 Å². The number of fused-ring (bicyclic) bond motifs is 1. The van der Waals surface area contributed by atoms with E-state index in [4.69, 9.17) is 5.26 Å². The van der Waals surface area contributed by atoms with E-state index < -0.39 is 10.0 Å². The van der Waals surface area contributed by atoms with Crippen LogP contribution < -0.4 is 0 Å². The second-order valence-corrected chi connectivity index (χ2v) is 8.94. The molecule has 6 heteroatoms. The zero-order valence-electron chi connectivity index (χ0n) is 11.3.